The summed E-state index contributed by atoms with van der Waals surface area (Å²) >= 11 is 0. The van der Waals surface area contributed by atoms with Crippen molar-refractivity contribution in [1.29, 1.82) is 0 Å². The van der Waals surface area contributed by atoms with Gasteiger partial charge in [0, 0.05) is 0 Å². The largest absolute Gasteiger partial charge is 2.00 e. The maximum absolute atomic E-state index is 0. The summed E-state index contributed by atoms with van der Waals surface area (Å²) in [6.45, 7) is 0. The molecule has 0 amide bonds. The van der Waals surface area contributed by atoms with Crippen LogP contribution in [0.15, 0.2) is 0 Å². The Morgan fingerprint density at radius 3 is 0.0714 bits per heavy atom. The molecule has 0 fully saturated rings. The van der Waals surface area contributed by atoms with Crippen LogP contribution in [0.5, 0.6) is 0 Å². The molecule has 8 nitrogen and oxygen atoms in total. The molecule has 0 saturated carbocycles. The second-order valence-electron chi connectivity index (χ2n) is 0. The van der Waals surface area contributed by atoms with E-state index in [1.165, 1.54) is 0 Å². The van der Waals surface area contributed by atoms with Crippen molar-refractivity contribution in [3.05, 3.63) is 0 Å². The van der Waals surface area contributed by atoms with Gasteiger partial charge in [-0.15, -0.1) is 0 Å². The van der Waals surface area contributed by atoms with Crippen LogP contribution in [-0.2, 0) is 433 Å². The topological polar surface area (TPSA) is 228 Å². The fourth-order valence-electron chi connectivity index (χ4n) is 0. The molecule has 28 heteroatoms. The molecule has 0 rings (SSSR count). The Balaban J connectivity index is 0. The molecular weight excluding hydrogens is 1440 g/mol. The molecule has 0 aromatic rings. The quantitative estimate of drug-likeness (QED) is 0.266. The summed E-state index contributed by atoms with van der Waals surface area (Å²) in [5.74, 6) is 0. The Kier molecular flexibility index (Phi) is 5750. The van der Waals surface area contributed by atoms with Crippen molar-refractivity contribution in [1.82, 2.24) is 0 Å². The molecule has 0 aromatic heterocycles. The summed E-state index contributed by atoms with van der Waals surface area (Å²) in [4.78, 5) is 0. The molecule has 0 N–H and O–H groups in total. The smallest absolute Gasteiger partial charge is 2.00 e. The summed E-state index contributed by atoms with van der Waals surface area (Å²) < 4.78 is 0. The minimum atomic E-state index is 0. The summed E-state index contributed by atoms with van der Waals surface area (Å²) in [5.41, 5.74) is 0. The third-order valence-electron chi connectivity index (χ3n) is 0. The van der Waals surface area contributed by atoms with Crippen LogP contribution >= 0.6 is 0 Å². The Morgan fingerprint density at radius 1 is 0.0714 bits per heavy atom. The zero-order valence-corrected chi connectivity index (χ0v) is 76.8. The molecule has 0 radical (unpaired) electrons. The minimum absolute atomic E-state index is 0. The molecule has 28 heavy (non-hydrogen) atoms. The van der Waals surface area contributed by atoms with E-state index >= 15 is 0 Å². The third kappa shape index (κ3) is 357. The van der Waals surface area contributed by atoms with E-state index in [9.17, 15) is 0 Å². The van der Waals surface area contributed by atoms with Gasteiger partial charge in [0.2, 0.25) is 0 Å². The molecule has 0 aliphatic carbocycles. The Bertz CT molecular complexity index is 24.2. The van der Waals surface area contributed by atoms with Crippen LogP contribution < -0.4 is 0 Å². The number of hydrogen-bond acceptors (Lipinski definition) is 0. The Morgan fingerprint density at radius 2 is 0.0714 bits per heavy atom. The van der Waals surface area contributed by atoms with Gasteiger partial charge in [-0.1, -0.05) is 0 Å². The molecule has 0 atom stereocenters. The van der Waals surface area contributed by atoms with Crippen LogP contribution in [0, 0.1) is 0 Å². The molecule has 0 aliphatic heterocycles. The first-order valence-electron chi connectivity index (χ1n) is 0. The average molecular weight is 1440 g/mol. The van der Waals surface area contributed by atoms with Crippen molar-refractivity contribution in [3.63, 3.8) is 0 Å². The first kappa shape index (κ1) is 417. The van der Waals surface area contributed by atoms with Gasteiger partial charge in [-0.2, -0.15) is 0 Å². The fourth-order valence-corrected chi connectivity index (χ4v) is 0. The van der Waals surface area contributed by atoms with Gasteiger partial charge in [0.15, 0.2) is 0 Å². The van der Waals surface area contributed by atoms with E-state index in [2.05, 4.69) is 0 Å². The van der Waals surface area contributed by atoms with Crippen molar-refractivity contribution in [3.8, 4) is 0 Å². The van der Waals surface area contributed by atoms with Crippen LogP contribution in [0.25, 0.3) is 0 Å². The summed E-state index contributed by atoms with van der Waals surface area (Å²) in [6, 6.07) is 0. The van der Waals surface area contributed by atoms with Crippen molar-refractivity contribution >= 4 is 0 Å². The standard InChI is InChI=1S/8O.20Zn/q8*-2;20*+2. The fraction of sp³-hybridized carbons (Fsp3) is 0. The Labute approximate surface area is 423 Å². The average Bonchev–Trinajstić information content (AvgIpc) is 0. The van der Waals surface area contributed by atoms with Crippen LogP contribution in [0.4, 0.5) is 0 Å². The molecule has 0 bridgehead atoms. The first-order chi connectivity index (χ1) is 0. The van der Waals surface area contributed by atoms with E-state index in [1.807, 2.05) is 0 Å². The van der Waals surface area contributed by atoms with Crippen molar-refractivity contribution in [2.45, 2.75) is 0 Å². The summed E-state index contributed by atoms with van der Waals surface area (Å²) in [6.07, 6.45) is 0. The van der Waals surface area contributed by atoms with Crippen LogP contribution in [0.2, 0.25) is 0 Å². The van der Waals surface area contributed by atoms with Crippen LogP contribution in [0.1, 0.15) is 0 Å². The molecule has 0 aromatic carbocycles. The predicted octanol–water partition coefficient (Wildman–Crippen LogP) is -1.00. The molecule has 64 valence electrons. The molecule has 0 saturated heterocycles. The van der Waals surface area contributed by atoms with Crippen LogP contribution in [-0.4, -0.2) is 0 Å². The van der Waals surface area contributed by atoms with Gasteiger partial charge in [0.05, 0.1) is 0 Å². The van der Waals surface area contributed by atoms with Gasteiger partial charge in [0.25, 0.3) is 0 Å². The molecular formula is O8Zn20+24. The number of hydrogen-bond donors (Lipinski definition) is 0. The molecule has 0 heterocycles. The van der Waals surface area contributed by atoms with E-state index in [0.29, 0.717) is 0 Å². The SMILES string of the molecule is [O-2].[O-2].[O-2].[O-2].[O-2].[O-2].[O-2].[O-2].[Zn+2].[Zn+2].[Zn+2].[Zn+2].[Zn+2].[Zn+2].[Zn+2].[Zn+2].[Zn+2].[Zn+2].[Zn+2].[Zn+2].[Zn+2].[Zn+2].[Zn+2].[Zn+2].[Zn+2].[Zn+2].[Zn+2].[Zn+2]. The first-order valence-corrected chi connectivity index (χ1v) is 0. The normalized spacial score (nSPS) is 0. The maximum Gasteiger partial charge on any atom is 2.00 e. The van der Waals surface area contributed by atoms with E-state index < -0.39 is 0 Å². The van der Waals surface area contributed by atoms with Crippen molar-refractivity contribution in [2.24, 2.45) is 0 Å². The maximum atomic E-state index is 0. The van der Waals surface area contributed by atoms with E-state index in [0.717, 1.165) is 0 Å². The molecule has 0 spiro atoms. The van der Waals surface area contributed by atoms with Crippen molar-refractivity contribution in [2.75, 3.05) is 0 Å². The second kappa shape index (κ2) is 386. The third-order valence-corrected chi connectivity index (χ3v) is 0. The van der Waals surface area contributed by atoms with Gasteiger partial charge >= 0.3 is 390 Å². The minimum Gasteiger partial charge on any atom is -2.00 e. The number of rotatable bonds is 0. The molecule has 0 unspecified atom stereocenters. The van der Waals surface area contributed by atoms with Gasteiger partial charge in [-0.3, -0.25) is 0 Å². The van der Waals surface area contributed by atoms with Gasteiger partial charge < -0.3 is 43.8 Å². The summed E-state index contributed by atoms with van der Waals surface area (Å²) in [7, 11) is 0. The summed E-state index contributed by atoms with van der Waals surface area (Å²) in [5, 5.41) is 0. The molecule has 0 aliphatic rings. The van der Waals surface area contributed by atoms with Crippen molar-refractivity contribution < 1.29 is 433 Å². The van der Waals surface area contributed by atoms with E-state index in [-0.39, 0.29) is 433 Å². The monoisotopic (exact) mass is 1410 g/mol. The second-order valence-corrected chi connectivity index (χ2v) is 0. The zero-order chi connectivity index (χ0) is 0. The van der Waals surface area contributed by atoms with E-state index in [4.69, 9.17) is 0 Å². The van der Waals surface area contributed by atoms with Gasteiger partial charge in [0.1, 0.15) is 0 Å². The zero-order valence-electron chi connectivity index (χ0n) is 17.4. The van der Waals surface area contributed by atoms with Gasteiger partial charge in [-0.25, -0.2) is 0 Å². The Hall–Kier alpha value is 12.1. The van der Waals surface area contributed by atoms with Crippen LogP contribution in [0.3, 0.4) is 0 Å². The predicted molar refractivity (Wildman–Crippen MR) is 5.49 cm³/mol. The van der Waals surface area contributed by atoms with E-state index in [1.54, 1.807) is 0 Å². The van der Waals surface area contributed by atoms with Gasteiger partial charge in [-0.05, 0) is 0 Å².